The maximum absolute atomic E-state index is 11.5. The molecule has 0 aliphatic carbocycles. The number of aromatic amines is 1. The van der Waals surface area contributed by atoms with Gasteiger partial charge < -0.3 is 10.1 Å². The van der Waals surface area contributed by atoms with Crippen molar-refractivity contribution >= 4 is 17.7 Å². The Morgan fingerprint density at radius 3 is 2.65 bits per heavy atom. The Labute approximate surface area is 120 Å². The molecular formula is C14H14N2O3S. The van der Waals surface area contributed by atoms with Gasteiger partial charge in [0.2, 0.25) is 0 Å². The number of aromatic nitrogens is 2. The minimum atomic E-state index is -0.853. The molecule has 0 fully saturated rings. The summed E-state index contributed by atoms with van der Waals surface area (Å²) in [7, 11) is 0. The summed E-state index contributed by atoms with van der Waals surface area (Å²) >= 11 is 1.38. The van der Waals surface area contributed by atoms with Crippen molar-refractivity contribution in [3.63, 3.8) is 0 Å². The molecule has 0 atom stereocenters. The number of H-pyrrole nitrogens is 1. The quantitative estimate of drug-likeness (QED) is 0.824. The van der Waals surface area contributed by atoms with Crippen molar-refractivity contribution in [2.24, 2.45) is 0 Å². The lowest BCUT2D eigenvalue weighted by Crippen LogP contribution is -2.09. The maximum Gasteiger partial charge on any atom is 0.307 e. The van der Waals surface area contributed by atoms with Crippen LogP contribution in [0.25, 0.3) is 0 Å². The predicted octanol–water partition coefficient (Wildman–Crippen LogP) is 2.11. The van der Waals surface area contributed by atoms with E-state index in [2.05, 4.69) is 9.97 Å². The van der Waals surface area contributed by atoms with Crippen molar-refractivity contribution in [3.05, 3.63) is 52.1 Å². The average molecular weight is 290 g/mol. The summed E-state index contributed by atoms with van der Waals surface area (Å²) in [6.45, 7) is 1.92. The second-order valence-corrected chi connectivity index (χ2v) is 5.29. The van der Waals surface area contributed by atoms with Crippen LogP contribution in [0.5, 0.6) is 0 Å². The van der Waals surface area contributed by atoms with Gasteiger partial charge in [-0.3, -0.25) is 9.59 Å². The smallest absolute Gasteiger partial charge is 0.307 e. The Morgan fingerprint density at radius 2 is 2.05 bits per heavy atom. The lowest BCUT2D eigenvalue weighted by Gasteiger charge is -2.03. The first-order valence-corrected chi connectivity index (χ1v) is 6.97. The van der Waals surface area contributed by atoms with Crippen molar-refractivity contribution in [1.29, 1.82) is 0 Å². The van der Waals surface area contributed by atoms with Crippen LogP contribution in [0.3, 0.4) is 0 Å². The largest absolute Gasteiger partial charge is 0.481 e. The molecule has 1 aromatic heterocycles. The molecule has 0 unspecified atom stereocenters. The van der Waals surface area contributed by atoms with E-state index in [0.717, 1.165) is 10.5 Å². The van der Waals surface area contributed by atoms with Crippen molar-refractivity contribution in [2.75, 3.05) is 0 Å². The van der Waals surface area contributed by atoms with Crippen LogP contribution >= 0.6 is 11.8 Å². The molecule has 1 heterocycles. The molecular weight excluding hydrogens is 276 g/mol. The standard InChI is InChI=1S/C14H14N2O3S/c1-2-11-15-12(17)8-13(16-11)20-10-5-3-9(4-6-10)7-14(18)19/h3-6,8H,2,7H2,1H3,(H,18,19)(H,15,16,17). The number of carboxylic acids is 1. The van der Waals surface area contributed by atoms with Crippen LogP contribution in [0.2, 0.25) is 0 Å². The van der Waals surface area contributed by atoms with E-state index in [1.807, 2.05) is 19.1 Å². The van der Waals surface area contributed by atoms with E-state index >= 15 is 0 Å². The highest BCUT2D eigenvalue weighted by Crippen LogP contribution is 2.25. The predicted molar refractivity (Wildman–Crippen MR) is 76.1 cm³/mol. The van der Waals surface area contributed by atoms with Crippen molar-refractivity contribution in [2.45, 2.75) is 29.7 Å². The number of carboxylic acid groups (broad SMARTS) is 1. The van der Waals surface area contributed by atoms with E-state index in [1.54, 1.807) is 12.1 Å². The Bertz CT molecular complexity index is 665. The number of hydrogen-bond donors (Lipinski definition) is 2. The lowest BCUT2D eigenvalue weighted by molar-refractivity contribution is -0.136. The average Bonchev–Trinajstić information content (AvgIpc) is 2.39. The molecule has 0 saturated carbocycles. The Kier molecular flexibility index (Phi) is 4.57. The van der Waals surface area contributed by atoms with Crippen LogP contribution in [0.4, 0.5) is 0 Å². The van der Waals surface area contributed by atoms with Crippen molar-refractivity contribution < 1.29 is 9.90 Å². The van der Waals surface area contributed by atoms with Gasteiger partial charge in [0, 0.05) is 17.4 Å². The number of aryl methyl sites for hydroxylation is 1. The molecule has 104 valence electrons. The summed E-state index contributed by atoms with van der Waals surface area (Å²) in [6, 6.07) is 8.65. The van der Waals surface area contributed by atoms with Crippen LogP contribution in [0.15, 0.2) is 45.0 Å². The molecule has 0 bridgehead atoms. The molecule has 0 aliphatic heterocycles. The van der Waals surface area contributed by atoms with E-state index in [9.17, 15) is 9.59 Å². The van der Waals surface area contributed by atoms with E-state index in [1.165, 1.54) is 17.8 Å². The molecule has 0 spiro atoms. The lowest BCUT2D eigenvalue weighted by atomic mass is 10.2. The van der Waals surface area contributed by atoms with Crippen molar-refractivity contribution in [1.82, 2.24) is 9.97 Å². The minimum Gasteiger partial charge on any atom is -0.481 e. The summed E-state index contributed by atoms with van der Waals surface area (Å²) < 4.78 is 0. The van der Waals surface area contributed by atoms with Gasteiger partial charge in [-0.15, -0.1) is 0 Å². The molecule has 2 rings (SSSR count). The fourth-order valence-corrected chi connectivity index (χ4v) is 2.51. The molecule has 5 nitrogen and oxygen atoms in total. The molecule has 6 heteroatoms. The van der Waals surface area contributed by atoms with Crippen LogP contribution in [-0.4, -0.2) is 21.0 Å². The minimum absolute atomic E-state index is 0.00812. The van der Waals surface area contributed by atoms with Gasteiger partial charge >= 0.3 is 5.97 Å². The van der Waals surface area contributed by atoms with E-state index < -0.39 is 5.97 Å². The third kappa shape index (κ3) is 3.96. The van der Waals surface area contributed by atoms with Crippen molar-refractivity contribution in [3.8, 4) is 0 Å². The highest BCUT2D eigenvalue weighted by Gasteiger charge is 2.04. The first kappa shape index (κ1) is 14.3. The third-order valence-corrected chi connectivity index (χ3v) is 3.53. The fraction of sp³-hybridized carbons (Fsp3) is 0.214. The van der Waals surface area contributed by atoms with Crippen LogP contribution in [0.1, 0.15) is 18.3 Å². The van der Waals surface area contributed by atoms with Gasteiger partial charge in [0.25, 0.3) is 5.56 Å². The normalized spacial score (nSPS) is 10.4. The monoisotopic (exact) mass is 290 g/mol. The third-order valence-electron chi connectivity index (χ3n) is 2.60. The van der Waals surface area contributed by atoms with Gasteiger partial charge in [-0.1, -0.05) is 30.8 Å². The molecule has 2 N–H and O–H groups in total. The van der Waals surface area contributed by atoms with Crippen LogP contribution in [-0.2, 0) is 17.6 Å². The summed E-state index contributed by atoms with van der Waals surface area (Å²) in [5, 5.41) is 9.34. The number of carbonyl (C=O) groups is 1. The van der Waals surface area contributed by atoms with Gasteiger partial charge in [0.15, 0.2) is 0 Å². The molecule has 2 aromatic rings. The number of hydrogen-bond acceptors (Lipinski definition) is 4. The first-order valence-electron chi connectivity index (χ1n) is 6.15. The number of aliphatic carboxylic acids is 1. The first-order chi connectivity index (χ1) is 9.56. The van der Waals surface area contributed by atoms with E-state index in [-0.39, 0.29) is 12.0 Å². The molecule has 0 aliphatic rings. The van der Waals surface area contributed by atoms with Gasteiger partial charge in [-0.05, 0) is 17.7 Å². The Morgan fingerprint density at radius 1 is 1.35 bits per heavy atom. The van der Waals surface area contributed by atoms with Gasteiger partial charge in [-0.25, -0.2) is 4.98 Å². The zero-order valence-corrected chi connectivity index (χ0v) is 11.7. The Hall–Kier alpha value is -2.08. The summed E-state index contributed by atoms with van der Waals surface area (Å²) in [5.41, 5.74) is 0.580. The molecule has 0 radical (unpaired) electrons. The SMILES string of the molecule is CCc1nc(Sc2ccc(CC(=O)O)cc2)cc(=O)[nH]1. The van der Waals surface area contributed by atoms with Gasteiger partial charge in [0.05, 0.1) is 6.42 Å². The summed E-state index contributed by atoms with van der Waals surface area (Å²) in [4.78, 5) is 30.0. The summed E-state index contributed by atoms with van der Waals surface area (Å²) in [5.74, 6) is -0.197. The summed E-state index contributed by atoms with van der Waals surface area (Å²) in [6.07, 6.45) is 0.676. The molecule has 0 saturated heterocycles. The highest BCUT2D eigenvalue weighted by atomic mass is 32.2. The number of benzene rings is 1. The zero-order valence-electron chi connectivity index (χ0n) is 10.9. The number of nitrogens with one attached hydrogen (secondary N) is 1. The zero-order chi connectivity index (χ0) is 14.5. The fourth-order valence-electron chi connectivity index (χ4n) is 1.67. The molecule has 1 aromatic carbocycles. The topological polar surface area (TPSA) is 83.0 Å². The molecule has 0 amide bonds. The number of rotatable bonds is 5. The maximum atomic E-state index is 11.5. The van der Waals surface area contributed by atoms with Crippen LogP contribution < -0.4 is 5.56 Å². The second kappa shape index (κ2) is 6.38. The van der Waals surface area contributed by atoms with Crippen LogP contribution in [0, 0.1) is 0 Å². The molecule has 20 heavy (non-hydrogen) atoms. The number of nitrogens with zero attached hydrogens (tertiary/aromatic N) is 1. The highest BCUT2D eigenvalue weighted by molar-refractivity contribution is 7.99. The van der Waals surface area contributed by atoms with Gasteiger partial charge in [0.1, 0.15) is 10.9 Å². The van der Waals surface area contributed by atoms with E-state index in [4.69, 9.17) is 5.11 Å². The second-order valence-electron chi connectivity index (χ2n) is 4.20. The van der Waals surface area contributed by atoms with E-state index in [0.29, 0.717) is 17.3 Å². The van der Waals surface area contributed by atoms with Gasteiger partial charge in [-0.2, -0.15) is 0 Å². The Balaban J connectivity index is 2.15.